The standard InChI is InChI=1S/C19H16F3N3O3/c20-19(21,22)13-6-8-14(9-7-13)23-16(26)11-25-17(27)15(24-18(25)28)10-12-4-2-1-3-5-12/h1-9,15H,10-11H2,(H,23,26)(H,24,28). The van der Waals surface area contributed by atoms with Crippen molar-refractivity contribution in [2.45, 2.75) is 18.6 Å². The van der Waals surface area contributed by atoms with Crippen LogP contribution in [-0.2, 0) is 22.2 Å². The summed E-state index contributed by atoms with van der Waals surface area (Å²) in [6.07, 6.45) is -4.18. The third-order valence-corrected chi connectivity index (χ3v) is 4.19. The lowest BCUT2D eigenvalue weighted by Crippen LogP contribution is -2.38. The quantitative estimate of drug-likeness (QED) is 0.770. The molecule has 0 saturated carbocycles. The highest BCUT2D eigenvalue weighted by atomic mass is 19.4. The molecule has 1 saturated heterocycles. The van der Waals surface area contributed by atoms with Gasteiger partial charge in [-0.15, -0.1) is 0 Å². The van der Waals surface area contributed by atoms with Gasteiger partial charge in [-0.05, 0) is 29.8 Å². The molecule has 1 unspecified atom stereocenters. The second-order valence-electron chi connectivity index (χ2n) is 6.24. The highest BCUT2D eigenvalue weighted by Gasteiger charge is 2.38. The van der Waals surface area contributed by atoms with Gasteiger partial charge in [-0.25, -0.2) is 4.79 Å². The molecule has 2 N–H and O–H groups in total. The first-order valence-electron chi connectivity index (χ1n) is 8.37. The molecule has 9 heteroatoms. The van der Waals surface area contributed by atoms with Crippen molar-refractivity contribution in [2.24, 2.45) is 0 Å². The van der Waals surface area contributed by atoms with Crippen LogP contribution in [0.1, 0.15) is 11.1 Å². The van der Waals surface area contributed by atoms with Gasteiger partial charge in [-0.3, -0.25) is 14.5 Å². The number of urea groups is 1. The summed E-state index contributed by atoms with van der Waals surface area (Å²) in [6, 6.07) is 11.5. The minimum atomic E-state index is -4.48. The van der Waals surface area contributed by atoms with Crippen molar-refractivity contribution in [3.63, 3.8) is 0 Å². The highest BCUT2D eigenvalue weighted by Crippen LogP contribution is 2.29. The molecule has 1 atom stereocenters. The lowest BCUT2D eigenvalue weighted by atomic mass is 10.1. The monoisotopic (exact) mass is 391 g/mol. The summed E-state index contributed by atoms with van der Waals surface area (Å²) in [7, 11) is 0. The minimum absolute atomic E-state index is 0.130. The largest absolute Gasteiger partial charge is 0.416 e. The smallest absolute Gasteiger partial charge is 0.325 e. The number of nitrogens with one attached hydrogen (secondary N) is 2. The van der Waals surface area contributed by atoms with Crippen LogP contribution in [0.25, 0.3) is 0 Å². The zero-order chi connectivity index (χ0) is 20.3. The van der Waals surface area contributed by atoms with Gasteiger partial charge in [-0.2, -0.15) is 13.2 Å². The van der Waals surface area contributed by atoms with Crippen LogP contribution in [0, 0.1) is 0 Å². The molecule has 0 radical (unpaired) electrons. The average molecular weight is 391 g/mol. The van der Waals surface area contributed by atoms with Crippen LogP contribution in [0.3, 0.4) is 0 Å². The van der Waals surface area contributed by atoms with Crippen molar-refractivity contribution in [3.05, 3.63) is 65.7 Å². The van der Waals surface area contributed by atoms with E-state index in [0.29, 0.717) is 6.42 Å². The Kier molecular flexibility index (Phi) is 5.34. The Morgan fingerprint density at radius 1 is 1.04 bits per heavy atom. The third kappa shape index (κ3) is 4.48. The highest BCUT2D eigenvalue weighted by molar-refractivity contribution is 6.08. The van der Waals surface area contributed by atoms with E-state index in [1.54, 1.807) is 0 Å². The molecular weight excluding hydrogens is 375 g/mol. The summed E-state index contributed by atoms with van der Waals surface area (Å²) < 4.78 is 37.7. The van der Waals surface area contributed by atoms with Gasteiger partial charge in [0.15, 0.2) is 0 Å². The molecule has 0 aromatic heterocycles. The van der Waals surface area contributed by atoms with E-state index in [0.717, 1.165) is 34.7 Å². The van der Waals surface area contributed by atoms with E-state index < -0.39 is 42.2 Å². The number of carbonyl (C=O) groups is 3. The van der Waals surface area contributed by atoms with Crippen molar-refractivity contribution >= 4 is 23.5 Å². The van der Waals surface area contributed by atoms with Crippen molar-refractivity contribution < 1.29 is 27.6 Å². The van der Waals surface area contributed by atoms with Crippen LogP contribution in [0.15, 0.2) is 54.6 Å². The van der Waals surface area contributed by atoms with Gasteiger partial charge >= 0.3 is 12.2 Å². The first-order valence-corrected chi connectivity index (χ1v) is 8.37. The average Bonchev–Trinajstić information content (AvgIpc) is 2.90. The van der Waals surface area contributed by atoms with Gasteiger partial charge < -0.3 is 10.6 Å². The van der Waals surface area contributed by atoms with E-state index in [2.05, 4.69) is 10.6 Å². The van der Waals surface area contributed by atoms with E-state index >= 15 is 0 Å². The Morgan fingerprint density at radius 3 is 2.29 bits per heavy atom. The molecule has 4 amide bonds. The molecule has 1 fully saturated rings. The van der Waals surface area contributed by atoms with Crippen LogP contribution in [0.4, 0.5) is 23.7 Å². The number of halogens is 3. The number of rotatable bonds is 5. The molecule has 2 aromatic carbocycles. The van der Waals surface area contributed by atoms with Gasteiger partial charge in [0.25, 0.3) is 5.91 Å². The number of alkyl halides is 3. The van der Waals surface area contributed by atoms with Gasteiger partial charge in [0.2, 0.25) is 5.91 Å². The predicted octanol–water partition coefficient (Wildman–Crippen LogP) is 2.81. The predicted molar refractivity (Wildman–Crippen MR) is 94.3 cm³/mol. The van der Waals surface area contributed by atoms with E-state index in [1.165, 1.54) is 0 Å². The molecule has 1 heterocycles. The van der Waals surface area contributed by atoms with E-state index in [-0.39, 0.29) is 5.69 Å². The Balaban J connectivity index is 1.59. The normalized spacial score (nSPS) is 16.8. The number of carbonyl (C=O) groups excluding carboxylic acids is 3. The Labute approximate surface area is 158 Å². The molecule has 2 aromatic rings. The van der Waals surface area contributed by atoms with Gasteiger partial charge in [0.1, 0.15) is 12.6 Å². The summed E-state index contributed by atoms with van der Waals surface area (Å²) in [6.45, 7) is -0.531. The van der Waals surface area contributed by atoms with Crippen LogP contribution in [-0.4, -0.2) is 35.3 Å². The van der Waals surface area contributed by atoms with Crippen molar-refractivity contribution in [2.75, 3.05) is 11.9 Å². The number of nitrogens with zero attached hydrogens (tertiary/aromatic N) is 1. The second kappa shape index (κ2) is 7.71. The van der Waals surface area contributed by atoms with Gasteiger partial charge in [0.05, 0.1) is 5.56 Å². The number of benzene rings is 2. The zero-order valence-corrected chi connectivity index (χ0v) is 14.5. The molecule has 6 nitrogen and oxygen atoms in total. The molecule has 1 aliphatic heterocycles. The maximum absolute atomic E-state index is 12.6. The first-order chi connectivity index (χ1) is 13.2. The molecule has 146 valence electrons. The number of hydrogen-bond acceptors (Lipinski definition) is 3. The summed E-state index contributed by atoms with van der Waals surface area (Å²) in [5.41, 5.74) is 0.145. The second-order valence-corrected chi connectivity index (χ2v) is 6.24. The number of imide groups is 1. The maximum Gasteiger partial charge on any atom is 0.416 e. The fourth-order valence-corrected chi connectivity index (χ4v) is 2.80. The summed E-state index contributed by atoms with van der Waals surface area (Å²) in [5, 5.41) is 4.90. The minimum Gasteiger partial charge on any atom is -0.325 e. The van der Waals surface area contributed by atoms with Crippen LogP contribution < -0.4 is 10.6 Å². The van der Waals surface area contributed by atoms with E-state index in [1.807, 2.05) is 30.3 Å². The lowest BCUT2D eigenvalue weighted by molar-refractivity contribution is -0.137. The summed E-state index contributed by atoms with van der Waals surface area (Å²) >= 11 is 0. The Hall–Kier alpha value is -3.36. The van der Waals surface area contributed by atoms with Gasteiger partial charge in [0, 0.05) is 12.1 Å². The third-order valence-electron chi connectivity index (χ3n) is 4.19. The molecule has 28 heavy (non-hydrogen) atoms. The first kappa shape index (κ1) is 19.4. The Bertz CT molecular complexity index is 883. The molecule has 3 rings (SSSR count). The summed E-state index contributed by atoms with van der Waals surface area (Å²) in [5.74, 6) is -1.22. The van der Waals surface area contributed by atoms with Crippen molar-refractivity contribution in [3.8, 4) is 0 Å². The topological polar surface area (TPSA) is 78.5 Å². The van der Waals surface area contributed by atoms with Crippen molar-refractivity contribution in [1.29, 1.82) is 0 Å². The maximum atomic E-state index is 12.6. The number of hydrogen-bond donors (Lipinski definition) is 2. The molecule has 0 aliphatic carbocycles. The van der Waals surface area contributed by atoms with Gasteiger partial charge in [-0.1, -0.05) is 30.3 Å². The number of anilines is 1. The molecule has 0 spiro atoms. The van der Waals surface area contributed by atoms with Crippen LogP contribution >= 0.6 is 0 Å². The molecule has 0 bridgehead atoms. The van der Waals surface area contributed by atoms with Crippen LogP contribution in [0.5, 0.6) is 0 Å². The zero-order valence-electron chi connectivity index (χ0n) is 14.5. The fourth-order valence-electron chi connectivity index (χ4n) is 2.80. The fraction of sp³-hybridized carbons (Fsp3) is 0.211. The number of amides is 4. The Morgan fingerprint density at radius 2 is 1.68 bits per heavy atom. The van der Waals surface area contributed by atoms with E-state index in [4.69, 9.17) is 0 Å². The SMILES string of the molecule is O=C(CN1C(=O)NC(Cc2ccccc2)C1=O)Nc1ccc(C(F)(F)F)cc1. The molecular formula is C19H16F3N3O3. The lowest BCUT2D eigenvalue weighted by Gasteiger charge is -2.13. The van der Waals surface area contributed by atoms with E-state index in [9.17, 15) is 27.6 Å². The van der Waals surface area contributed by atoms with Crippen LogP contribution in [0.2, 0.25) is 0 Å². The summed E-state index contributed by atoms with van der Waals surface area (Å²) in [4.78, 5) is 37.3. The molecule has 1 aliphatic rings. The van der Waals surface area contributed by atoms with Crippen molar-refractivity contribution in [1.82, 2.24) is 10.2 Å².